The van der Waals surface area contributed by atoms with Gasteiger partial charge >= 0.3 is 0 Å². The Kier molecular flexibility index (Phi) is 7.69. The van der Waals surface area contributed by atoms with Gasteiger partial charge in [-0.05, 0) is 26.0 Å². The summed E-state index contributed by atoms with van der Waals surface area (Å²) < 4.78 is 1.80. The smallest absolute Gasteiger partial charge is 0.239 e. The fraction of sp³-hybridized carbons (Fsp3) is 0.542. The first kappa shape index (κ1) is 23.9. The molecule has 1 aliphatic heterocycles. The van der Waals surface area contributed by atoms with E-state index in [1.54, 1.807) is 4.68 Å². The first-order valence-corrected chi connectivity index (χ1v) is 11.3. The summed E-state index contributed by atoms with van der Waals surface area (Å²) in [6.45, 7) is 14.0. The van der Waals surface area contributed by atoms with Gasteiger partial charge in [-0.2, -0.15) is 5.10 Å². The summed E-state index contributed by atoms with van der Waals surface area (Å²) in [6, 6.07) is 11.9. The minimum absolute atomic E-state index is 0.0509. The van der Waals surface area contributed by atoms with Crippen molar-refractivity contribution in [2.75, 3.05) is 44.6 Å². The highest BCUT2D eigenvalue weighted by molar-refractivity contribution is 5.91. The number of nitrogens with one attached hydrogen (secondary N) is 2. The number of piperazine rings is 1. The van der Waals surface area contributed by atoms with Crippen LogP contribution in [0.1, 0.15) is 40.3 Å². The van der Waals surface area contributed by atoms with Crippen LogP contribution in [-0.4, -0.2) is 76.7 Å². The second-order valence-corrected chi connectivity index (χ2v) is 9.73. The van der Waals surface area contributed by atoms with Gasteiger partial charge in [0.15, 0.2) is 0 Å². The maximum atomic E-state index is 12.8. The van der Waals surface area contributed by atoms with Crippen molar-refractivity contribution >= 4 is 17.6 Å². The summed E-state index contributed by atoms with van der Waals surface area (Å²) in [5.74, 6) is 0.665. The Morgan fingerprint density at radius 3 is 2.06 bits per heavy atom. The fourth-order valence-electron chi connectivity index (χ4n) is 3.66. The minimum Gasteiger partial charge on any atom is -0.353 e. The number of hydrogen-bond donors (Lipinski definition) is 2. The van der Waals surface area contributed by atoms with Gasteiger partial charge in [-0.25, -0.2) is 4.68 Å². The molecule has 0 bridgehead atoms. The van der Waals surface area contributed by atoms with Gasteiger partial charge in [0.1, 0.15) is 5.82 Å². The van der Waals surface area contributed by atoms with Crippen molar-refractivity contribution in [3.8, 4) is 5.69 Å². The van der Waals surface area contributed by atoms with Gasteiger partial charge in [0.25, 0.3) is 0 Å². The van der Waals surface area contributed by atoms with Crippen LogP contribution in [0.5, 0.6) is 0 Å². The molecule has 174 valence electrons. The highest BCUT2D eigenvalue weighted by atomic mass is 16.2. The molecule has 8 nitrogen and oxygen atoms in total. The highest BCUT2D eigenvalue weighted by Gasteiger charge is 2.24. The standard InChI is InChI=1S/C24H36N6O2/c1-18(2)25-22(31)16-28-11-13-29(14-12-28)17-23(32)26-21-15-20(24(3,4)5)27-30(21)19-9-7-6-8-10-19/h6-10,15,18H,11-14,16-17H2,1-5H3,(H,25,31)(H,26,32). The maximum Gasteiger partial charge on any atom is 0.239 e. The van der Waals surface area contributed by atoms with E-state index in [1.165, 1.54) is 0 Å². The number of para-hydroxylation sites is 1. The third-order valence-electron chi connectivity index (χ3n) is 5.40. The number of rotatable bonds is 7. The Labute approximate surface area is 191 Å². The lowest BCUT2D eigenvalue weighted by atomic mass is 9.92. The third-order valence-corrected chi connectivity index (χ3v) is 5.40. The normalized spacial score (nSPS) is 15.7. The molecule has 2 aromatic rings. The average Bonchev–Trinajstić information content (AvgIpc) is 3.13. The van der Waals surface area contributed by atoms with Gasteiger partial charge in [0.05, 0.1) is 24.5 Å². The molecule has 0 radical (unpaired) electrons. The molecule has 2 amide bonds. The number of nitrogens with zero attached hydrogens (tertiary/aromatic N) is 4. The number of benzene rings is 1. The van der Waals surface area contributed by atoms with Crippen molar-refractivity contribution in [1.82, 2.24) is 24.9 Å². The molecule has 2 heterocycles. The molecular weight excluding hydrogens is 404 g/mol. The van der Waals surface area contributed by atoms with E-state index in [1.807, 2.05) is 50.2 Å². The van der Waals surface area contributed by atoms with E-state index in [0.29, 0.717) is 18.9 Å². The van der Waals surface area contributed by atoms with Crippen LogP contribution in [0.25, 0.3) is 5.69 Å². The number of amides is 2. The molecule has 1 saturated heterocycles. The Hall–Kier alpha value is -2.71. The molecule has 1 aliphatic rings. The Morgan fingerprint density at radius 2 is 1.53 bits per heavy atom. The van der Waals surface area contributed by atoms with Gasteiger partial charge in [0, 0.05) is 43.7 Å². The van der Waals surface area contributed by atoms with Gasteiger partial charge in [-0.15, -0.1) is 0 Å². The van der Waals surface area contributed by atoms with Crippen LogP contribution in [0.2, 0.25) is 0 Å². The minimum atomic E-state index is -0.127. The quantitative estimate of drug-likeness (QED) is 0.690. The van der Waals surface area contributed by atoms with Crippen molar-refractivity contribution in [3.63, 3.8) is 0 Å². The molecular formula is C24H36N6O2. The second-order valence-electron chi connectivity index (χ2n) is 9.73. The molecule has 0 saturated carbocycles. The molecule has 8 heteroatoms. The predicted octanol–water partition coefficient (Wildman–Crippen LogP) is 2.25. The zero-order valence-electron chi connectivity index (χ0n) is 19.9. The third kappa shape index (κ3) is 6.64. The Balaban J connectivity index is 1.59. The second kappa shape index (κ2) is 10.3. The first-order valence-electron chi connectivity index (χ1n) is 11.3. The summed E-state index contributed by atoms with van der Waals surface area (Å²) in [4.78, 5) is 29.1. The van der Waals surface area contributed by atoms with E-state index in [0.717, 1.165) is 37.6 Å². The molecule has 1 fully saturated rings. The zero-order valence-corrected chi connectivity index (χ0v) is 19.9. The lowest BCUT2D eigenvalue weighted by Crippen LogP contribution is -2.51. The van der Waals surface area contributed by atoms with Crippen molar-refractivity contribution in [3.05, 3.63) is 42.1 Å². The van der Waals surface area contributed by atoms with Gasteiger partial charge in [-0.1, -0.05) is 39.0 Å². The molecule has 1 aromatic carbocycles. The maximum absolute atomic E-state index is 12.8. The summed E-state index contributed by atoms with van der Waals surface area (Å²) >= 11 is 0. The number of aromatic nitrogens is 2. The van der Waals surface area contributed by atoms with Crippen LogP contribution in [-0.2, 0) is 15.0 Å². The monoisotopic (exact) mass is 440 g/mol. The average molecular weight is 441 g/mol. The number of hydrogen-bond acceptors (Lipinski definition) is 5. The van der Waals surface area contributed by atoms with E-state index < -0.39 is 0 Å². The van der Waals surface area contributed by atoms with Crippen LogP contribution in [0.15, 0.2) is 36.4 Å². The summed E-state index contributed by atoms with van der Waals surface area (Å²) in [6.07, 6.45) is 0. The summed E-state index contributed by atoms with van der Waals surface area (Å²) in [5.41, 5.74) is 1.70. The fourth-order valence-corrected chi connectivity index (χ4v) is 3.66. The predicted molar refractivity (Wildman–Crippen MR) is 127 cm³/mol. The van der Waals surface area contributed by atoms with Crippen molar-refractivity contribution < 1.29 is 9.59 Å². The van der Waals surface area contributed by atoms with Crippen molar-refractivity contribution in [1.29, 1.82) is 0 Å². The number of carbonyl (C=O) groups is 2. The van der Waals surface area contributed by atoms with Gasteiger partial charge < -0.3 is 10.6 Å². The van der Waals surface area contributed by atoms with E-state index in [-0.39, 0.29) is 23.3 Å². The number of carbonyl (C=O) groups excluding carboxylic acids is 2. The van der Waals surface area contributed by atoms with Crippen LogP contribution < -0.4 is 10.6 Å². The van der Waals surface area contributed by atoms with Crippen molar-refractivity contribution in [2.45, 2.75) is 46.1 Å². The summed E-state index contributed by atoms with van der Waals surface area (Å²) in [5, 5.41) is 10.7. The topological polar surface area (TPSA) is 82.5 Å². The Bertz CT molecular complexity index is 908. The molecule has 3 rings (SSSR count). The molecule has 1 aromatic heterocycles. The SMILES string of the molecule is CC(C)NC(=O)CN1CCN(CC(=O)Nc2cc(C(C)(C)C)nn2-c2ccccc2)CC1. The lowest BCUT2D eigenvalue weighted by molar-refractivity contribution is -0.124. The highest BCUT2D eigenvalue weighted by Crippen LogP contribution is 2.26. The van der Waals surface area contributed by atoms with E-state index in [9.17, 15) is 9.59 Å². The molecule has 0 aliphatic carbocycles. The molecule has 2 N–H and O–H groups in total. The van der Waals surface area contributed by atoms with Crippen LogP contribution in [0.4, 0.5) is 5.82 Å². The molecule has 0 atom stereocenters. The van der Waals surface area contributed by atoms with Gasteiger partial charge in [-0.3, -0.25) is 19.4 Å². The molecule has 0 spiro atoms. The number of anilines is 1. The molecule has 0 unspecified atom stereocenters. The van der Waals surface area contributed by atoms with E-state index in [4.69, 9.17) is 5.10 Å². The molecule has 32 heavy (non-hydrogen) atoms. The van der Waals surface area contributed by atoms with Crippen LogP contribution >= 0.6 is 0 Å². The van der Waals surface area contributed by atoms with Crippen LogP contribution in [0, 0.1) is 0 Å². The van der Waals surface area contributed by atoms with E-state index in [2.05, 4.69) is 41.2 Å². The summed E-state index contributed by atoms with van der Waals surface area (Å²) in [7, 11) is 0. The van der Waals surface area contributed by atoms with Crippen LogP contribution in [0.3, 0.4) is 0 Å². The zero-order chi connectivity index (χ0) is 23.3. The first-order chi connectivity index (χ1) is 15.1. The van der Waals surface area contributed by atoms with E-state index >= 15 is 0 Å². The Morgan fingerprint density at radius 1 is 0.969 bits per heavy atom. The van der Waals surface area contributed by atoms with Gasteiger partial charge in [0.2, 0.25) is 11.8 Å². The lowest BCUT2D eigenvalue weighted by Gasteiger charge is -2.33. The largest absolute Gasteiger partial charge is 0.353 e. The van der Waals surface area contributed by atoms with Crippen molar-refractivity contribution in [2.24, 2.45) is 0 Å².